The lowest BCUT2D eigenvalue weighted by atomic mass is 10.0. The number of rotatable bonds is 9. The number of nitrogens with zero attached hydrogens (tertiary/aromatic N) is 1. The first-order valence-electron chi connectivity index (χ1n) is 9.69. The van der Waals surface area contributed by atoms with E-state index >= 15 is 0 Å². The van der Waals surface area contributed by atoms with Gasteiger partial charge in [0, 0.05) is 16.5 Å². The first-order valence-corrected chi connectivity index (χ1v) is 8.69. The fraction of sp³-hybridized carbons (Fsp3) is 0.200. The molecular formula is C20H23NO10. The third-order valence-electron chi connectivity index (χ3n) is 3.89. The quantitative estimate of drug-likeness (QED) is 0.332. The van der Waals surface area contributed by atoms with Crippen molar-refractivity contribution in [3.05, 3.63) is 74.8 Å². The summed E-state index contributed by atoms with van der Waals surface area (Å²) in [6.07, 6.45) is -1.07. The van der Waals surface area contributed by atoms with E-state index in [1.165, 1.54) is 6.07 Å². The van der Waals surface area contributed by atoms with Gasteiger partial charge in [-0.15, -0.1) is 0 Å². The summed E-state index contributed by atoms with van der Waals surface area (Å²) < 4.78 is 10.0. The van der Waals surface area contributed by atoms with Gasteiger partial charge in [0.2, 0.25) is 0 Å². The van der Waals surface area contributed by atoms with Crippen LogP contribution < -0.4 is 0 Å². The van der Waals surface area contributed by atoms with Crippen LogP contribution in [0.2, 0.25) is 0 Å². The molecule has 0 saturated carbocycles. The highest BCUT2D eigenvalue weighted by molar-refractivity contribution is 5.75. The monoisotopic (exact) mass is 440 g/mol. The molecule has 2 aromatic rings. The van der Waals surface area contributed by atoms with Gasteiger partial charge in [0.1, 0.15) is 0 Å². The van der Waals surface area contributed by atoms with Crippen molar-refractivity contribution in [1.82, 2.24) is 0 Å². The lowest BCUT2D eigenvalue weighted by Gasteiger charge is -2.05. The van der Waals surface area contributed by atoms with Gasteiger partial charge in [-0.2, -0.15) is 0 Å². The van der Waals surface area contributed by atoms with E-state index in [1.807, 2.05) is 0 Å². The number of benzene rings is 2. The molecule has 11 nitrogen and oxygen atoms in total. The number of hydrogen-bond donors (Lipinski definition) is 4. The molecule has 0 aliphatic heterocycles. The topological polar surface area (TPSA) is 192 Å². The van der Waals surface area contributed by atoms with Gasteiger partial charge in [0.05, 0.1) is 30.6 Å². The molecule has 0 heterocycles. The Morgan fingerprint density at radius 2 is 1.06 bits per heavy atom. The Balaban J connectivity index is 0. The van der Waals surface area contributed by atoms with Crippen LogP contribution in [0, 0.1) is 10.1 Å². The lowest BCUT2D eigenvalue weighted by molar-refractivity contribution is -0.384. The number of non-ortho nitro benzene ring substituents is 1. The van der Waals surface area contributed by atoms with E-state index in [4.69, 9.17) is 23.4 Å². The van der Waals surface area contributed by atoms with Crippen molar-refractivity contribution in [2.24, 2.45) is 0 Å². The number of carboxylic acids is 4. The van der Waals surface area contributed by atoms with Crippen molar-refractivity contribution in [2.45, 2.75) is 25.7 Å². The van der Waals surface area contributed by atoms with E-state index in [2.05, 4.69) is 0 Å². The van der Waals surface area contributed by atoms with Gasteiger partial charge in [-0.25, -0.2) is 0 Å². The minimum absolute atomic E-state index is 0. The number of aliphatic carboxylic acids is 4. The van der Waals surface area contributed by atoms with E-state index in [0.717, 1.165) is 12.1 Å². The zero-order valence-electron chi connectivity index (χ0n) is 18.1. The van der Waals surface area contributed by atoms with Crippen molar-refractivity contribution >= 4 is 29.6 Å². The van der Waals surface area contributed by atoms with Crippen LogP contribution in [0.15, 0.2) is 42.5 Å². The van der Waals surface area contributed by atoms with Gasteiger partial charge in [0.25, 0.3) is 5.69 Å². The summed E-state index contributed by atoms with van der Waals surface area (Å²) >= 11 is 0. The highest BCUT2D eigenvalue weighted by atomic mass is 16.6. The third kappa shape index (κ3) is 9.17. The second-order valence-electron chi connectivity index (χ2n) is 6.26. The van der Waals surface area contributed by atoms with Gasteiger partial charge in [0.15, 0.2) is 0 Å². The molecule has 0 fully saturated rings. The van der Waals surface area contributed by atoms with E-state index < -0.39 is 35.2 Å². The van der Waals surface area contributed by atoms with Crippen LogP contribution in [-0.2, 0) is 44.9 Å². The summed E-state index contributed by atoms with van der Waals surface area (Å²) in [5, 5.41) is 44.9. The number of nitro benzene ring substituents is 1. The van der Waals surface area contributed by atoms with Gasteiger partial charge in [-0.3, -0.25) is 29.3 Å². The molecular weight excluding hydrogens is 414 g/mol. The smallest absolute Gasteiger partial charge is 0.307 e. The first-order chi connectivity index (χ1) is 15.5. The number of hydrogen-bond acceptors (Lipinski definition) is 6. The summed E-state index contributed by atoms with van der Waals surface area (Å²) in [6, 6.07) is 10.2. The SMILES string of the molecule is O=C(O)Cc1ccc([N+](=O)[O-])cc1CC(=O)O.O=C(O)Cc1ccccc1CC(=O)O.[2HH].[2H][2H]. The summed E-state index contributed by atoms with van der Waals surface area (Å²) in [7, 11) is 0. The van der Waals surface area contributed by atoms with E-state index in [0.29, 0.717) is 11.1 Å². The van der Waals surface area contributed by atoms with Crippen LogP contribution in [0.4, 0.5) is 5.69 Å². The predicted octanol–water partition coefficient (Wildman–Crippen LogP) is 2.28. The van der Waals surface area contributed by atoms with Gasteiger partial charge < -0.3 is 20.4 Å². The minimum atomic E-state index is -1.17. The fourth-order valence-corrected chi connectivity index (χ4v) is 2.62. The Bertz CT molecular complexity index is 979. The molecule has 0 aliphatic rings. The third-order valence-corrected chi connectivity index (χ3v) is 3.89. The molecule has 0 bridgehead atoms. The molecule has 4 N–H and O–H groups in total. The molecule has 0 aromatic heterocycles. The molecule has 31 heavy (non-hydrogen) atoms. The molecule has 2 rings (SSSR count). The maximum Gasteiger partial charge on any atom is 0.307 e. The molecule has 0 unspecified atom stereocenters. The largest absolute Gasteiger partial charge is 0.481 e. The maximum atomic E-state index is 10.6. The zero-order chi connectivity index (χ0) is 25.6. The van der Waals surface area contributed by atoms with Crippen LogP contribution in [0.5, 0.6) is 0 Å². The average molecular weight is 440 g/mol. The van der Waals surface area contributed by atoms with Crippen molar-refractivity contribution in [3.63, 3.8) is 0 Å². The van der Waals surface area contributed by atoms with Crippen LogP contribution in [0.25, 0.3) is 0 Å². The highest BCUT2D eigenvalue weighted by Gasteiger charge is 2.15. The van der Waals surface area contributed by atoms with Gasteiger partial charge in [-0.05, 0) is 22.3 Å². The molecule has 0 amide bonds. The second-order valence-corrected chi connectivity index (χ2v) is 6.26. The Hall–Kier alpha value is -4.28. The summed E-state index contributed by atoms with van der Waals surface area (Å²) in [5.74, 6) is -4.20. The molecule has 0 spiro atoms. The number of nitro groups is 1. The zero-order valence-corrected chi connectivity index (χ0v) is 16.1. The van der Waals surface area contributed by atoms with Crippen LogP contribution in [-0.4, -0.2) is 49.2 Å². The van der Waals surface area contributed by atoms with Crippen LogP contribution in [0.3, 0.4) is 0 Å². The minimum Gasteiger partial charge on any atom is -0.481 e. The number of carbonyl (C=O) groups is 4. The summed E-state index contributed by atoms with van der Waals surface area (Å²) in [5.41, 5.74) is 1.28. The number of carboxylic acid groups (broad SMARTS) is 4. The summed E-state index contributed by atoms with van der Waals surface area (Å²) in [6.45, 7) is 0. The molecule has 0 atom stereocenters. The van der Waals surface area contributed by atoms with E-state index in [-0.39, 0.29) is 37.5 Å². The Morgan fingerprint density at radius 3 is 1.42 bits per heavy atom. The Labute approximate surface area is 179 Å². The van der Waals surface area contributed by atoms with Crippen molar-refractivity contribution in [1.29, 1.82) is 0 Å². The van der Waals surface area contributed by atoms with E-state index in [1.54, 1.807) is 24.3 Å². The van der Waals surface area contributed by atoms with Gasteiger partial charge >= 0.3 is 23.9 Å². The predicted molar refractivity (Wildman–Crippen MR) is 109 cm³/mol. The second kappa shape index (κ2) is 11.7. The van der Waals surface area contributed by atoms with Crippen LogP contribution >= 0.6 is 0 Å². The van der Waals surface area contributed by atoms with Crippen molar-refractivity contribution in [3.8, 4) is 0 Å². The first kappa shape index (κ1) is 23.0. The standard InChI is InChI=1S/C10H9NO6.C10H10O4.2H2/c12-9(13)4-6-1-2-8(11(16)17)3-7(6)5-10(14)15;11-9(12)5-7-3-1-2-4-8(7)6-10(13)14;;/h1-3H,4-5H2,(H,12,13)(H,14,15);1-4H,5-6H2,(H,11,12)(H,13,14);2*1H/i;;1+1D;1+1. The molecule has 0 saturated heterocycles. The van der Waals surface area contributed by atoms with Gasteiger partial charge in [-0.1, -0.05) is 30.3 Å². The molecule has 168 valence electrons. The maximum absolute atomic E-state index is 10.6. The fourth-order valence-electron chi connectivity index (χ4n) is 2.62. The Kier molecular flexibility index (Phi) is 8.65. The van der Waals surface area contributed by atoms with Crippen molar-refractivity contribution < 1.29 is 48.9 Å². The lowest BCUT2D eigenvalue weighted by Crippen LogP contribution is -2.08. The van der Waals surface area contributed by atoms with E-state index in [9.17, 15) is 29.3 Å². The normalized spacial score (nSPS) is 10.1. The van der Waals surface area contributed by atoms with Crippen LogP contribution in [0.1, 0.15) is 26.7 Å². The van der Waals surface area contributed by atoms with Crippen molar-refractivity contribution in [2.75, 3.05) is 0 Å². The molecule has 0 radical (unpaired) electrons. The molecule has 2 aromatic carbocycles. The molecule has 0 aliphatic carbocycles. The Morgan fingerprint density at radius 1 is 0.710 bits per heavy atom. The average Bonchev–Trinajstić information content (AvgIpc) is 2.71. The summed E-state index contributed by atoms with van der Waals surface area (Å²) in [4.78, 5) is 51.9. The highest BCUT2D eigenvalue weighted by Crippen LogP contribution is 2.19. The molecule has 11 heteroatoms.